The number of methoxy groups -OCH3 is 1. The van der Waals surface area contributed by atoms with Crippen LogP contribution in [0.5, 0.6) is 0 Å². The number of benzene rings is 3. The molecule has 0 saturated carbocycles. The van der Waals surface area contributed by atoms with Crippen LogP contribution >= 0.6 is 12.2 Å². The summed E-state index contributed by atoms with van der Waals surface area (Å²) < 4.78 is 4.86. The highest BCUT2D eigenvalue weighted by Gasteiger charge is 2.18. The lowest BCUT2D eigenvalue weighted by atomic mass is 10.1. The van der Waals surface area contributed by atoms with Gasteiger partial charge in [-0.1, -0.05) is 60.7 Å². The summed E-state index contributed by atoms with van der Waals surface area (Å²) in [7, 11) is 1.33. The number of amides is 1. The van der Waals surface area contributed by atoms with Crippen LogP contribution in [-0.4, -0.2) is 24.1 Å². The van der Waals surface area contributed by atoms with E-state index in [1.807, 2.05) is 42.5 Å². The zero-order valence-corrected chi connectivity index (χ0v) is 17.1. The Balaban J connectivity index is 1.80. The van der Waals surface area contributed by atoms with E-state index >= 15 is 0 Å². The van der Waals surface area contributed by atoms with E-state index in [2.05, 4.69) is 16.0 Å². The Morgan fingerprint density at radius 3 is 2.13 bits per heavy atom. The van der Waals surface area contributed by atoms with Gasteiger partial charge >= 0.3 is 5.97 Å². The summed E-state index contributed by atoms with van der Waals surface area (Å²) in [6.45, 7) is 0. The maximum Gasteiger partial charge on any atom is 0.339 e. The van der Waals surface area contributed by atoms with Gasteiger partial charge < -0.3 is 15.4 Å². The van der Waals surface area contributed by atoms with Gasteiger partial charge in [-0.25, -0.2) is 4.79 Å². The van der Waals surface area contributed by atoms with Gasteiger partial charge in [-0.05, 0) is 42.0 Å². The van der Waals surface area contributed by atoms with Crippen LogP contribution in [-0.2, 0) is 4.74 Å². The van der Waals surface area contributed by atoms with Crippen LogP contribution in [0.3, 0.4) is 0 Å². The fraction of sp³-hybridized carbons (Fsp3) is 0.0870. The summed E-state index contributed by atoms with van der Waals surface area (Å²) in [4.78, 5) is 24.5. The smallest absolute Gasteiger partial charge is 0.339 e. The molecular weight excluding hydrogens is 398 g/mol. The molecule has 0 spiro atoms. The SMILES string of the molecule is COC(=O)c1ccccc1NC(NC(=S)NC(=O)c1ccccc1)c1ccccc1. The van der Waals surface area contributed by atoms with E-state index in [-0.39, 0.29) is 11.0 Å². The molecule has 0 aliphatic heterocycles. The number of thiocarbonyl (C=S) groups is 1. The van der Waals surface area contributed by atoms with E-state index in [0.717, 1.165) is 5.56 Å². The number of ether oxygens (including phenoxy) is 1. The van der Waals surface area contributed by atoms with Gasteiger partial charge in [0.2, 0.25) is 0 Å². The van der Waals surface area contributed by atoms with Crippen LogP contribution in [0.1, 0.15) is 32.4 Å². The Hall–Kier alpha value is -3.71. The minimum Gasteiger partial charge on any atom is -0.465 e. The number of rotatable bonds is 6. The van der Waals surface area contributed by atoms with E-state index in [1.165, 1.54) is 7.11 Å². The average molecular weight is 420 g/mol. The summed E-state index contributed by atoms with van der Waals surface area (Å²) in [5, 5.41) is 9.21. The first-order valence-corrected chi connectivity index (χ1v) is 9.65. The standard InChI is InChI=1S/C23H21N3O3S/c1-29-22(28)18-14-8-9-15-19(18)24-20(16-10-4-2-5-11-16)25-23(30)26-21(27)17-12-6-3-7-13-17/h2-15,20,24H,1H3,(H2,25,26,27,30). The van der Waals surface area contributed by atoms with Crippen molar-refractivity contribution in [3.8, 4) is 0 Å². The largest absolute Gasteiger partial charge is 0.465 e. The van der Waals surface area contributed by atoms with Gasteiger partial charge in [0.1, 0.15) is 6.17 Å². The van der Waals surface area contributed by atoms with Crippen LogP contribution in [0.4, 0.5) is 5.69 Å². The van der Waals surface area contributed by atoms with Gasteiger partial charge in [-0.2, -0.15) is 0 Å². The first kappa shape index (κ1) is 21.0. The summed E-state index contributed by atoms with van der Waals surface area (Å²) >= 11 is 5.36. The third kappa shape index (κ3) is 5.42. The lowest BCUT2D eigenvalue weighted by Gasteiger charge is -2.24. The zero-order valence-electron chi connectivity index (χ0n) is 16.3. The molecular formula is C23H21N3O3S. The first-order chi connectivity index (χ1) is 14.6. The number of para-hydroxylation sites is 1. The number of carbonyl (C=O) groups excluding carboxylic acids is 2. The highest BCUT2D eigenvalue weighted by molar-refractivity contribution is 7.80. The minimum atomic E-state index is -0.499. The van der Waals surface area contributed by atoms with Crippen molar-refractivity contribution in [3.05, 3.63) is 102 Å². The fourth-order valence-electron chi connectivity index (χ4n) is 2.83. The molecule has 152 valence electrons. The van der Waals surface area contributed by atoms with Crippen LogP contribution in [0.15, 0.2) is 84.9 Å². The Morgan fingerprint density at radius 2 is 1.47 bits per heavy atom. The summed E-state index contributed by atoms with van der Waals surface area (Å²) in [6, 6.07) is 25.3. The molecule has 6 nitrogen and oxygen atoms in total. The second kappa shape index (κ2) is 10.2. The number of esters is 1. The molecule has 3 N–H and O–H groups in total. The molecule has 30 heavy (non-hydrogen) atoms. The molecule has 0 bridgehead atoms. The second-order valence-electron chi connectivity index (χ2n) is 6.32. The van der Waals surface area contributed by atoms with Gasteiger partial charge in [0.15, 0.2) is 5.11 Å². The van der Waals surface area contributed by atoms with Crippen molar-refractivity contribution >= 4 is 34.9 Å². The van der Waals surface area contributed by atoms with E-state index in [1.54, 1.807) is 42.5 Å². The number of hydrogen-bond acceptors (Lipinski definition) is 5. The molecule has 3 aromatic carbocycles. The fourth-order valence-corrected chi connectivity index (χ4v) is 3.04. The van der Waals surface area contributed by atoms with E-state index in [4.69, 9.17) is 17.0 Å². The van der Waals surface area contributed by atoms with Crippen molar-refractivity contribution < 1.29 is 14.3 Å². The first-order valence-electron chi connectivity index (χ1n) is 9.24. The van der Waals surface area contributed by atoms with E-state index < -0.39 is 12.1 Å². The van der Waals surface area contributed by atoms with Crippen molar-refractivity contribution in [2.75, 3.05) is 12.4 Å². The van der Waals surface area contributed by atoms with Crippen molar-refractivity contribution in [1.82, 2.24) is 10.6 Å². The normalized spacial score (nSPS) is 11.1. The van der Waals surface area contributed by atoms with E-state index in [9.17, 15) is 9.59 Å². The van der Waals surface area contributed by atoms with Gasteiger partial charge in [-0.3, -0.25) is 10.1 Å². The summed E-state index contributed by atoms with van der Waals surface area (Å²) in [5.41, 5.74) is 2.33. The van der Waals surface area contributed by atoms with Crippen LogP contribution in [0, 0.1) is 0 Å². The molecule has 0 aromatic heterocycles. The lowest BCUT2D eigenvalue weighted by Crippen LogP contribution is -2.43. The molecule has 3 aromatic rings. The number of nitrogens with one attached hydrogen (secondary N) is 3. The predicted molar refractivity (Wildman–Crippen MR) is 120 cm³/mol. The lowest BCUT2D eigenvalue weighted by molar-refractivity contribution is 0.0601. The second-order valence-corrected chi connectivity index (χ2v) is 6.73. The zero-order chi connectivity index (χ0) is 21.3. The molecule has 0 aliphatic carbocycles. The van der Waals surface area contributed by atoms with Gasteiger partial charge in [0, 0.05) is 5.56 Å². The summed E-state index contributed by atoms with van der Waals surface area (Å²) in [5.74, 6) is -0.764. The van der Waals surface area contributed by atoms with Crippen molar-refractivity contribution in [1.29, 1.82) is 0 Å². The van der Waals surface area contributed by atoms with Crippen LogP contribution in [0.2, 0.25) is 0 Å². The highest BCUT2D eigenvalue weighted by Crippen LogP contribution is 2.22. The third-order valence-corrected chi connectivity index (χ3v) is 4.52. The van der Waals surface area contributed by atoms with Gasteiger partial charge in [-0.15, -0.1) is 0 Å². The predicted octanol–water partition coefficient (Wildman–Crippen LogP) is 3.89. The Bertz CT molecular complexity index is 1030. The molecule has 1 amide bonds. The molecule has 1 atom stereocenters. The van der Waals surface area contributed by atoms with E-state index in [0.29, 0.717) is 16.8 Å². The average Bonchev–Trinajstić information content (AvgIpc) is 2.79. The van der Waals surface area contributed by atoms with Gasteiger partial charge in [0.05, 0.1) is 18.4 Å². The number of carbonyl (C=O) groups is 2. The third-order valence-electron chi connectivity index (χ3n) is 4.30. The Morgan fingerprint density at radius 1 is 0.867 bits per heavy atom. The molecule has 0 fully saturated rings. The molecule has 0 heterocycles. The van der Waals surface area contributed by atoms with Crippen LogP contribution < -0.4 is 16.0 Å². The molecule has 3 rings (SSSR count). The van der Waals surface area contributed by atoms with Crippen molar-refractivity contribution in [2.24, 2.45) is 0 Å². The quantitative estimate of drug-likeness (QED) is 0.320. The molecule has 7 heteroatoms. The van der Waals surface area contributed by atoms with Gasteiger partial charge in [0.25, 0.3) is 5.91 Å². The Kier molecular flexibility index (Phi) is 7.13. The summed E-state index contributed by atoms with van der Waals surface area (Å²) in [6.07, 6.45) is -0.499. The molecule has 0 radical (unpaired) electrons. The Labute approximate surface area is 180 Å². The molecule has 0 saturated heterocycles. The maximum atomic E-state index is 12.4. The topological polar surface area (TPSA) is 79.5 Å². The highest BCUT2D eigenvalue weighted by atomic mass is 32.1. The number of anilines is 1. The van der Waals surface area contributed by atoms with Crippen molar-refractivity contribution in [2.45, 2.75) is 6.17 Å². The van der Waals surface area contributed by atoms with Crippen LogP contribution in [0.25, 0.3) is 0 Å². The minimum absolute atomic E-state index is 0.153. The number of hydrogen-bond donors (Lipinski definition) is 3. The molecule has 0 aliphatic rings. The molecule has 1 unspecified atom stereocenters. The maximum absolute atomic E-state index is 12.4. The monoisotopic (exact) mass is 419 g/mol. The van der Waals surface area contributed by atoms with Crippen molar-refractivity contribution in [3.63, 3.8) is 0 Å².